The van der Waals surface area contributed by atoms with Crippen LogP contribution in [0, 0.1) is 0 Å². The molecule has 1 N–H and O–H groups in total. The molecule has 0 fully saturated rings. The van der Waals surface area contributed by atoms with E-state index in [2.05, 4.69) is 13.8 Å². The van der Waals surface area contributed by atoms with Gasteiger partial charge in [0, 0.05) is 9.75 Å². The van der Waals surface area contributed by atoms with E-state index < -0.39 is 5.97 Å². The first-order valence-corrected chi connectivity index (χ1v) is 6.30. The molecule has 1 aliphatic rings. The highest BCUT2D eigenvalue weighted by Crippen LogP contribution is 2.37. The lowest BCUT2D eigenvalue weighted by Crippen LogP contribution is -2.07. The van der Waals surface area contributed by atoms with Crippen LogP contribution >= 0.6 is 11.3 Å². The topological polar surface area (TPSA) is 37.3 Å². The van der Waals surface area contributed by atoms with Gasteiger partial charge in [-0.15, -0.1) is 11.3 Å². The molecule has 0 saturated heterocycles. The van der Waals surface area contributed by atoms with Gasteiger partial charge in [0.2, 0.25) is 0 Å². The molecule has 82 valence electrons. The van der Waals surface area contributed by atoms with E-state index in [0.29, 0.717) is 11.5 Å². The number of hydrogen-bond acceptors (Lipinski definition) is 2. The molecule has 2 nitrogen and oxygen atoms in total. The summed E-state index contributed by atoms with van der Waals surface area (Å²) in [5.41, 5.74) is 1.74. The van der Waals surface area contributed by atoms with Crippen molar-refractivity contribution in [1.29, 1.82) is 0 Å². The number of aromatic carboxylic acids is 1. The Morgan fingerprint density at radius 3 is 2.60 bits per heavy atom. The van der Waals surface area contributed by atoms with Gasteiger partial charge in [0.05, 0.1) is 5.56 Å². The number of carbonyl (C=O) groups is 1. The van der Waals surface area contributed by atoms with Crippen LogP contribution in [-0.4, -0.2) is 11.1 Å². The van der Waals surface area contributed by atoms with Crippen molar-refractivity contribution in [3.05, 3.63) is 20.9 Å². The number of thiophene rings is 1. The van der Waals surface area contributed by atoms with Crippen LogP contribution in [0.25, 0.3) is 0 Å². The zero-order chi connectivity index (χ0) is 11.0. The molecule has 1 heterocycles. The first kappa shape index (κ1) is 10.7. The van der Waals surface area contributed by atoms with E-state index in [1.165, 1.54) is 11.3 Å². The summed E-state index contributed by atoms with van der Waals surface area (Å²) in [4.78, 5) is 13.7. The Morgan fingerprint density at radius 2 is 2.00 bits per heavy atom. The minimum Gasteiger partial charge on any atom is -0.478 e. The highest BCUT2D eigenvalue weighted by molar-refractivity contribution is 7.12. The lowest BCUT2D eigenvalue weighted by molar-refractivity contribution is 0.0694. The zero-order valence-electron chi connectivity index (χ0n) is 9.17. The Kier molecular flexibility index (Phi) is 2.83. The number of carboxylic acids is 1. The molecule has 0 unspecified atom stereocenters. The fourth-order valence-corrected chi connectivity index (χ4v) is 3.62. The maximum Gasteiger partial charge on any atom is 0.337 e. The lowest BCUT2D eigenvalue weighted by atomic mass is 9.93. The van der Waals surface area contributed by atoms with E-state index in [1.807, 2.05) is 0 Å². The van der Waals surface area contributed by atoms with Gasteiger partial charge in [-0.3, -0.25) is 0 Å². The van der Waals surface area contributed by atoms with Crippen LogP contribution in [-0.2, 0) is 12.8 Å². The van der Waals surface area contributed by atoms with E-state index in [4.69, 9.17) is 0 Å². The Balaban J connectivity index is 2.56. The largest absolute Gasteiger partial charge is 0.478 e. The molecule has 2 rings (SSSR count). The second-order valence-electron chi connectivity index (χ2n) is 4.41. The molecule has 0 saturated carbocycles. The van der Waals surface area contributed by atoms with Crippen molar-refractivity contribution in [2.45, 2.75) is 45.4 Å². The first-order chi connectivity index (χ1) is 7.11. The van der Waals surface area contributed by atoms with Gasteiger partial charge in [0.1, 0.15) is 0 Å². The van der Waals surface area contributed by atoms with Gasteiger partial charge in [0.15, 0.2) is 0 Å². The van der Waals surface area contributed by atoms with Gasteiger partial charge in [0.25, 0.3) is 0 Å². The molecular formula is C12H16O2S. The van der Waals surface area contributed by atoms with E-state index in [0.717, 1.165) is 29.7 Å². The first-order valence-electron chi connectivity index (χ1n) is 5.49. The van der Waals surface area contributed by atoms with E-state index >= 15 is 0 Å². The second-order valence-corrected chi connectivity index (χ2v) is 5.55. The molecule has 0 amide bonds. The second kappa shape index (κ2) is 3.97. The van der Waals surface area contributed by atoms with Gasteiger partial charge in [-0.05, 0) is 37.2 Å². The monoisotopic (exact) mass is 224 g/mol. The molecular weight excluding hydrogens is 208 g/mol. The number of aryl methyl sites for hydroxylation is 1. The van der Waals surface area contributed by atoms with Crippen LogP contribution in [0.1, 0.15) is 58.3 Å². The molecule has 3 heteroatoms. The van der Waals surface area contributed by atoms with Crippen molar-refractivity contribution in [1.82, 2.24) is 0 Å². The van der Waals surface area contributed by atoms with Crippen LogP contribution in [0.15, 0.2) is 0 Å². The van der Waals surface area contributed by atoms with Crippen molar-refractivity contribution < 1.29 is 9.90 Å². The molecule has 15 heavy (non-hydrogen) atoms. The number of hydrogen-bond donors (Lipinski definition) is 1. The number of rotatable bonds is 2. The van der Waals surface area contributed by atoms with Crippen LogP contribution in [0.3, 0.4) is 0 Å². The Hall–Kier alpha value is -0.830. The third-order valence-electron chi connectivity index (χ3n) is 2.94. The molecule has 0 aromatic carbocycles. The smallest absolute Gasteiger partial charge is 0.337 e. The van der Waals surface area contributed by atoms with Gasteiger partial charge in [-0.2, -0.15) is 0 Å². The quantitative estimate of drug-likeness (QED) is 0.835. The fraction of sp³-hybridized carbons (Fsp3) is 0.583. The van der Waals surface area contributed by atoms with Crippen molar-refractivity contribution in [3.8, 4) is 0 Å². The minimum absolute atomic E-state index is 0.326. The van der Waals surface area contributed by atoms with Crippen LogP contribution < -0.4 is 0 Å². The third kappa shape index (κ3) is 1.81. The molecule has 0 bridgehead atoms. The summed E-state index contributed by atoms with van der Waals surface area (Å²) in [6.07, 6.45) is 4.39. The zero-order valence-corrected chi connectivity index (χ0v) is 9.99. The average molecular weight is 224 g/mol. The number of fused-ring (bicyclic) bond motifs is 1. The molecule has 1 aromatic heterocycles. The van der Waals surface area contributed by atoms with Crippen molar-refractivity contribution in [2.24, 2.45) is 0 Å². The standard InChI is InChI=1S/C12H16O2S/c1-7(2)11-10(12(13)14)8-5-3-4-6-9(8)15-11/h7H,3-6H2,1-2H3,(H,13,14). The van der Waals surface area contributed by atoms with Crippen LogP contribution in [0.5, 0.6) is 0 Å². The molecule has 0 atom stereocenters. The molecule has 1 aromatic rings. The Bertz CT molecular complexity index is 391. The summed E-state index contributed by atoms with van der Waals surface area (Å²) in [6, 6.07) is 0. The Labute approximate surface area is 93.9 Å². The van der Waals surface area contributed by atoms with Gasteiger partial charge >= 0.3 is 5.97 Å². The van der Waals surface area contributed by atoms with Gasteiger partial charge in [-0.1, -0.05) is 13.8 Å². The highest BCUT2D eigenvalue weighted by Gasteiger charge is 2.25. The van der Waals surface area contributed by atoms with Crippen LogP contribution in [0.2, 0.25) is 0 Å². The normalized spacial score (nSPS) is 15.4. The van der Waals surface area contributed by atoms with Crippen molar-refractivity contribution in [3.63, 3.8) is 0 Å². The number of carboxylic acid groups (broad SMARTS) is 1. The van der Waals surface area contributed by atoms with Crippen molar-refractivity contribution >= 4 is 17.3 Å². The Morgan fingerprint density at radius 1 is 1.33 bits per heavy atom. The maximum absolute atomic E-state index is 11.3. The van der Waals surface area contributed by atoms with Gasteiger partial charge < -0.3 is 5.11 Å². The van der Waals surface area contributed by atoms with Crippen LogP contribution in [0.4, 0.5) is 0 Å². The third-order valence-corrected chi connectivity index (χ3v) is 4.53. The minimum atomic E-state index is -0.738. The molecule has 1 aliphatic carbocycles. The summed E-state index contributed by atoms with van der Waals surface area (Å²) < 4.78 is 0. The summed E-state index contributed by atoms with van der Waals surface area (Å²) in [5, 5.41) is 9.27. The molecule has 0 aliphatic heterocycles. The van der Waals surface area contributed by atoms with Gasteiger partial charge in [-0.25, -0.2) is 4.79 Å². The predicted octanol–water partition coefficient (Wildman–Crippen LogP) is 3.45. The van der Waals surface area contributed by atoms with E-state index in [-0.39, 0.29) is 0 Å². The summed E-state index contributed by atoms with van der Waals surface area (Å²) in [7, 11) is 0. The average Bonchev–Trinajstić information content (AvgIpc) is 2.56. The fourth-order valence-electron chi connectivity index (χ4n) is 2.23. The highest BCUT2D eigenvalue weighted by atomic mass is 32.1. The SMILES string of the molecule is CC(C)c1sc2c(c1C(=O)O)CCCC2. The summed E-state index contributed by atoms with van der Waals surface area (Å²) in [5.74, 6) is -0.412. The van der Waals surface area contributed by atoms with E-state index in [1.54, 1.807) is 11.3 Å². The van der Waals surface area contributed by atoms with Crippen molar-refractivity contribution in [2.75, 3.05) is 0 Å². The summed E-state index contributed by atoms with van der Waals surface area (Å²) >= 11 is 1.72. The lowest BCUT2D eigenvalue weighted by Gasteiger charge is -2.11. The van der Waals surface area contributed by atoms with E-state index in [9.17, 15) is 9.90 Å². The predicted molar refractivity (Wildman–Crippen MR) is 62.0 cm³/mol. The maximum atomic E-state index is 11.3. The summed E-state index contributed by atoms with van der Waals surface area (Å²) in [6.45, 7) is 4.15. The molecule has 0 spiro atoms. The molecule has 0 radical (unpaired) electrons.